The van der Waals surface area contributed by atoms with Gasteiger partial charge in [-0.3, -0.25) is 0 Å². The van der Waals surface area contributed by atoms with Crippen molar-refractivity contribution in [3.63, 3.8) is 0 Å². The van der Waals surface area contributed by atoms with Crippen LogP contribution in [0.1, 0.15) is 61.6 Å². The first kappa shape index (κ1) is 22.4. The molecule has 0 saturated carbocycles. The fourth-order valence-electron chi connectivity index (χ4n) is 3.15. The molecule has 0 amide bonds. The number of alkyl halides is 1. The minimum absolute atomic E-state index is 0.265. The number of thiazole rings is 1. The van der Waals surface area contributed by atoms with Crippen molar-refractivity contribution >= 4 is 22.9 Å². The molecule has 0 spiro atoms. The zero-order valence-corrected chi connectivity index (χ0v) is 18.6. The topological polar surface area (TPSA) is 33.1 Å². The summed E-state index contributed by atoms with van der Waals surface area (Å²) in [6, 6.07) is 16.0. The lowest BCUT2D eigenvalue weighted by molar-refractivity contribution is 0.475. The second-order valence-electron chi connectivity index (χ2n) is 6.99. The molecule has 2 aromatic carbocycles. The molecule has 3 rings (SSSR count). The Hall–Kier alpha value is -1.84. The lowest BCUT2D eigenvalue weighted by Gasteiger charge is -2.15. The largest absolute Gasteiger partial charge is 0.508 e. The van der Waals surface area contributed by atoms with Gasteiger partial charge in [0, 0.05) is 10.9 Å². The highest BCUT2D eigenvalue weighted by Gasteiger charge is 2.08. The van der Waals surface area contributed by atoms with Crippen LogP contribution < -0.4 is 0 Å². The van der Waals surface area contributed by atoms with Gasteiger partial charge in [0.25, 0.3) is 0 Å². The van der Waals surface area contributed by atoms with Gasteiger partial charge in [-0.25, -0.2) is 4.98 Å². The molecule has 1 N–H and O–H groups in total. The molecule has 2 nitrogen and oxygen atoms in total. The minimum atomic E-state index is 0.265. The Balaban J connectivity index is 0.000000200. The summed E-state index contributed by atoms with van der Waals surface area (Å²) in [5.41, 5.74) is 4.79. The van der Waals surface area contributed by atoms with Crippen molar-refractivity contribution in [2.24, 2.45) is 0 Å². The molecule has 0 aliphatic heterocycles. The summed E-state index contributed by atoms with van der Waals surface area (Å²) in [7, 11) is 0. The molecular formula is C24H30ClNOS. The third-order valence-electron chi connectivity index (χ3n) is 4.65. The highest BCUT2D eigenvalue weighted by Crippen LogP contribution is 2.26. The number of aromatic hydroxyl groups is 1. The van der Waals surface area contributed by atoms with Crippen molar-refractivity contribution in [1.82, 2.24) is 4.98 Å². The van der Waals surface area contributed by atoms with E-state index < -0.39 is 0 Å². The monoisotopic (exact) mass is 415 g/mol. The van der Waals surface area contributed by atoms with Crippen LogP contribution in [-0.4, -0.2) is 10.1 Å². The fourth-order valence-corrected chi connectivity index (χ4v) is 4.05. The number of aromatic nitrogens is 1. The predicted molar refractivity (Wildman–Crippen MR) is 123 cm³/mol. The van der Waals surface area contributed by atoms with Crippen LogP contribution in [0.4, 0.5) is 0 Å². The Labute approximate surface area is 178 Å². The Kier molecular flexibility index (Phi) is 9.52. The fraction of sp³-hybridized carbons (Fsp3) is 0.375. The van der Waals surface area contributed by atoms with Gasteiger partial charge >= 0.3 is 0 Å². The van der Waals surface area contributed by atoms with Gasteiger partial charge in [0.1, 0.15) is 10.8 Å². The van der Waals surface area contributed by atoms with Crippen LogP contribution in [-0.2, 0) is 5.88 Å². The molecule has 0 saturated heterocycles. The summed E-state index contributed by atoms with van der Waals surface area (Å²) >= 11 is 7.20. The number of hydrogen-bond acceptors (Lipinski definition) is 3. The summed E-state index contributed by atoms with van der Waals surface area (Å²) in [5.74, 6) is 1.50. The van der Waals surface area contributed by atoms with Crippen LogP contribution in [0.15, 0.2) is 53.9 Å². The summed E-state index contributed by atoms with van der Waals surface area (Å²) in [4.78, 5) is 4.33. The van der Waals surface area contributed by atoms with E-state index in [9.17, 15) is 0 Å². The van der Waals surface area contributed by atoms with E-state index in [4.69, 9.17) is 16.7 Å². The van der Waals surface area contributed by atoms with Crippen molar-refractivity contribution in [1.29, 1.82) is 0 Å². The maximum atomic E-state index is 9.12. The lowest BCUT2D eigenvalue weighted by atomic mass is 9.90. The van der Waals surface area contributed by atoms with Crippen LogP contribution in [0.2, 0.25) is 0 Å². The summed E-state index contributed by atoms with van der Waals surface area (Å²) in [5, 5.41) is 12.0. The SMILES string of the molecule is CCCC(CCC)c1ccc(C)cc1.Oc1ccc(-c2csc(CCl)n2)cc1. The zero-order valence-electron chi connectivity index (χ0n) is 17.0. The molecular weight excluding hydrogens is 386 g/mol. The predicted octanol–water partition coefficient (Wildman–Crippen LogP) is 7.93. The Morgan fingerprint density at radius 3 is 2.07 bits per heavy atom. The van der Waals surface area contributed by atoms with Gasteiger partial charge in [-0.1, -0.05) is 56.5 Å². The molecule has 150 valence electrons. The second kappa shape index (κ2) is 11.9. The van der Waals surface area contributed by atoms with Gasteiger partial charge in [-0.15, -0.1) is 22.9 Å². The van der Waals surface area contributed by atoms with Crippen molar-refractivity contribution < 1.29 is 5.11 Å². The number of benzene rings is 2. The first-order valence-corrected chi connectivity index (χ1v) is 11.3. The number of phenolic OH excluding ortho intramolecular Hbond substituents is 1. The van der Waals surface area contributed by atoms with E-state index in [1.807, 2.05) is 17.5 Å². The molecule has 0 aliphatic rings. The first-order chi connectivity index (χ1) is 13.6. The number of rotatable bonds is 7. The van der Waals surface area contributed by atoms with E-state index in [1.165, 1.54) is 36.8 Å². The van der Waals surface area contributed by atoms with Gasteiger partial charge in [-0.05, 0) is 55.5 Å². The molecule has 0 aliphatic carbocycles. The van der Waals surface area contributed by atoms with Crippen molar-refractivity contribution in [3.05, 3.63) is 70.0 Å². The molecule has 28 heavy (non-hydrogen) atoms. The standard InChI is InChI=1S/C14H22.C10H8ClNOS/c1-4-6-13(7-5-2)14-10-8-12(3)9-11-14;11-5-10-12-9(6-14-10)7-1-3-8(13)4-2-7/h8-11,13H,4-7H2,1-3H3;1-4,6,13H,5H2. The van der Waals surface area contributed by atoms with Gasteiger partial charge in [-0.2, -0.15) is 0 Å². The maximum Gasteiger partial charge on any atom is 0.115 e. The molecule has 0 radical (unpaired) electrons. The Morgan fingerprint density at radius 1 is 0.964 bits per heavy atom. The third kappa shape index (κ3) is 6.96. The van der Waals surface area contributed by atoms with Gasteiger partial charge in [0.2, 0.25) is 0 Å². The number of nitrogens with zero attached hydrogens (tertiary/aromatic N) is 1. The van der Waals surface area contributed by atoms with Gasteiger partial charge in [0.05, 0.1) is 11.6 Å². The number of halogens is 1. The third-order valence-corrected chi connectivity index (χ3v) is 5.91. The van der Waals surface area contributed by atoms with E-state index in [2.05, 4.69) is 50.0 Å². The van der Waals surface area contributed by atoms with Gasteiger partial charge in [0.15, 0.2) is 0 Å². The lowest BCUT2D eigenvalue weighted by Crippen LogP contribution is -1.97. The molecule has 0 unspecified atom stereocenters. The molecule has 0 fully saturated rings. The van der Waals surface area contributed by atoms with E-state index in [0.717, 1.165) is 22.2 Å². The smallest absolute Gasteiger partial charge is 0.115 e. The normalized spacial score (nSPS) is 10.6. The molecule has 0 atom stereocenters. The number of aryl methyl sites for hydroxylation is 1. The first-order valence-electron chi connectivity index (χ1n) is 9.93. The Morgan fingerprint density at radius 2 is 1.57 bits per heavy atom. The average Bonchev–Trinajstić information content (AvgIpc) is 3.19. The highest BCUT2D eigenvalue weighted by molar-refractivity contribution is 7.10. The van der Waals surface area contributed by atoms with Crippen molar-refractivity contribution in [3.8, 4) is 17.0 Å². The zero-order chi connectivity index (χ0) is 20.4. The van der Waals surface area contributed by atoms with E-state index in [1.54, 1.807) is 23.5 Å². The number of hydrogen-bond donors (Lipinski definition) is 1. The quantitative estimate of drug-likeness (QED) is 0.397. The summed E-state index contributed by atoms with van der Waals surface area (Å²) in [6.45, 7) is 6.70. The van der Waals surface area contributed by atoms with Crippen LogP contribution >= 0.6 is 22.9 Å². The summed E-state index contributed by atoms with van der Waals surface area (Å²) in [6.07, 6.45) is 5.24. The van der Waals surface area contributed by atoms with Crippen LogP contribution in [0, 0.1) is 6.92 Å². The maximum absolute atomic E-state index is 9.12. The molecule has 1 aromatic heterocycles. The average molecular weight is 416 g/mol. The Bertz CT molecular complexity index is 805. The summed E-state index contributed by atoms with van der Waals surface area (Å²) < 4.78 is 0. The van der Waals surface area contributed by atoms with Crippen LogP contribution in [0.25, 0.3) is 11.3 Å². The van der Waals surface area contributed by atoms with Crippen molar-refractivity contribution in [2.45, 2.75) is 58.3 Å². The van der Waals surface area contributed by atoms with E-state index in [0.29, 0.717) is 5.88 Å². The minimum Gasteiger partial charge on any atom is -0.508 e. The molecule has 4 heteroatoms. The number of phenols is 1. The molecule has 3 aromatic rings. The van der Waals surface area contributed by atoms with Crippen LogP contribution in [0.5, 0.6) is 5.75 Å². The highest BCUT2D eigenvalue weighted by atomic mass is 35.5. The van der Waals surface area contributed by atoms with Crippen LogP contribution in [0.3, 0.4) is 0 Å². The second-order valence-corrected chi connectivity index (χ2v) is 8.20. The van der Waals surface area contributed by atoms with Gasteiger partial charge < -0.3 is 5.11 Å². The van der Waals surface area contributed by atoms with Crippen molar-refractivity contribution in [2.75, 3.05) is 0 Å². The molecule has 1 heterocycles. The molecule has 0 bridgehead atoms. The van der Waals surface area contributed by atoms with E-state index >= 15 is 0 Å². The van der Waals surface area contributed by atoms with E-state index in [-0.39, 0.29) is 5.75 Å².